The van der Waals surface area contributed by atoms with Gasteiger partial charge in [-0.15, -0.1) is 11.3 Å². The average molecular weight is 337 g/mol. The summed E-state index contributed by atoms with van der Waals surface area (Å²) in [5.41, 5.74) is 3.31. The Hall–Kier alpha value is -2.70. The van der Waals surface area contributed by atoms with Crippen molar-refractivity contribution < 1.29 is 9.57 Å². The molecule has 1 aliphatic heterocycles. The van der Waals surface area contributed by atoms with Crippen molar-refractivity contribution in [3.05, 3.63) is 77.9 Å². The third-order valence-electron chi connectivity index (χ3n) is 3.65. The molecule has 120 valence electrons. The van der Waals surface area contributed by atoms with Crippen molar-refractivity contribution in [1.82, 2.24) is 15.4 Å². The number of benzene rings is 1. The maximum Gasteiger partial charge on any atom is 0.216 e. The number of aromatic nitrogens is 2. The van der Waals surface area contributed by atoms with E-state index < -0.39 is 5.60 Å². The summed E-state index contributed by atoms with van der Waals surface area (Å²) in [4.78, 5) is 15.3. The lowest BCUT2D eigenvalue weighted by molar-refractivity contribution is -0.0380. The molecule has 0 radical (unpaired) electrons. The van der Waals surface area contributed by atoms with E-state index in [1.54, 1.807) is 23.7 Å². The lowest BCUT2D eigenvalue weighted by Crippen LogP contribution is -2.22. The van der Waals surface area contributed by atoms with Crippen molar-refractivity contribution in [3.8, 4) is 16.3 Å². The molecular weight excluding hydrogens is 322 g/mol. The van der Waals surface area contributed by atoms with Crippen LogP contribution in [0.1, 0.15) is 11.8 Å². The van der Waals surface area contributed by atoms with E-state index in [0.717, 1.165) is 15.4 Å². The Labute approximate surface area is 143 Å². The van der Waals surface area contributed by atoms with Gasteiger partial charge in [0.05, 0.1) is 11.1 Å². The minimum Gasteiger partial charge on any atom is -0.438 e. The minimum absolute atomic E-state index is 0.542. The van der Waals surface area contributed by atoms with Crippen LogP contribution in [0.25, 0.3) is 10.6 Å². The molecule has 0 bridgehead atoms. The summed E-state index contributed by atoms with van der Waals surface area (Å²) in [5.74, 6) is 1.19. The Morgan fingerprint density at radius 1 is 1.12 bits per heavy atom. The molecule has 1 aromatic carbocycles. The van der Waals surface area contributed by atoms with Crippen molar-refractivity contribution >= 4 is 11.3 Å². The first-order chi connectivity index (χ1) is 11.7. The van der Waals surface area contributed by atoms with Gasteiger partial charge in [0.25, 0.3) is 0 Å². The van der Waals surface area contributed by atoms with Crippen LogP contribution in [0.5, 0.6) is 5.75 Å². The van der Waals surface area contributed by atoms with E-state index in [2.05, 4.69) is 15.4 Å². The summed E-state index contributed by atoms with van der Waals surface area (Å²) in [6, 6.07) is 13.8. The smallest absolute Gasteiger partial charge is 0.216 e. The number of rotatable bonds is 4. The highest BCUT2D eigenvalue weighted by atomic mass is 32.1. The third kappa shape index (κ3) is 2.89. The molecule has 0 saturated carbocycles. The van der Waals surface area contributed by atoms with E-state index in [-0.39, 0.29) is 0 Å². The molecule has 0 spiro atoms. The molecule has 6 heteroatoms. The number of thiazole rings is 1. The van der Waals surface area contributed by atoms with Crippen LogP contribution < -0.4 is 10.2 Å². The molecule has 1 N–H and O–H groups in total. The van der Waals surface area contributed by atoms with Crippen LogP contribution in [0.15, 0.2) is 73.0 Å². The maximum absolute atomic E-state index is 5.74. The van der Waals surface area contributed by atoms with Crippen molar-refractivity contribution in [1.29, 1.82) is 0 Å². The lowest BCUT2D eigenvalue weighted by atomic mass is 10.1. The molecule has 4 rings (SSSR count). The summed E-state index contributed by atoms with van der Waals surface area (Å²) in [5, 5.41) is 0.963. The van der Waals surface area contributed by atoms with Crippen LogP contribution in [0.4, 0.5) is 0 Å². The SMILES string of the molecule is CC1(c2cnc(-c3ccccc3)s2)C=C(Oc2cccnc2)NO1. The van der Waals surface area contributed by atoms with Gasteiger partial charge in [0.1, 0.15) is 10.8 Å². The highest BCUT2D eigenvalue weighted by molar-refractivity contribution is 7.15. The molecular formula is C18H15N3O2S. The summed E-state index contributed by atoms with van der Waals surface area (Å²) in [7, 11) is 0. The van der Waals surface area contributed by atoms with E-state index in [4.69, 9.17) is 9.57 Å². The normalized spacial score (nSPS) is 19.6. The Kier molecular flexibility index (Phi) is 3.76. The number of nitrogens with zero attached hydrogens (tertiary/aromatic N) is 2. The Morgan fingerprint density at radius 2 is 2.00 bits per heavy atom. The number of hydrogen-bond acceptors (Lipinski definition) is 6. The number of nitrogens with one attached hydrogen (secondary N) is 1. The van der Waals surface area contributed by atoms with E-state index in [1.807, 2.05) is 61.7 Å². The molecule has 3 aromatic rings. The second-order valence-corrected chi connectivity index (χ2v) is 6.54. The first-order valence-electron chi connectivity index (χ1n) is 7.49. The van der Waals surface area contributed by atoms with Gasteiger partial charge in [-0.25, -0.2) is 10.5 Å². The van der Waals surface area contributed by atoms with Gasteiger partial charge in [0.2, 0.25) is 5.88 Å². The monoisotopic (exact) mass is 337 g/mol. The zero-order chi connectivity index (χ0) is 16.4. The van der Waals surface area contributed by atoms with E-state index in [1.165, 1.54) is 0 Å². The first-order valence-corrected chi connectivity index (χ1v) is 8.31. The van der Waals surface area contributed by atoms with Gasteiger partial charge in [0.15, 0.2) is 5.60 Å². The van der Waals surface area contributed by atoms with Crippen molar-refractivity contribution in [3.63, 3.8) is 0 Å². The maximum atomic E-state index is 5.74. The molecule has 1 unspecified atom stereocenters. The fourth-order valence-corrected chi connectivity index (χ4v) is 3.37. The number of pyridine rings is 1. The van der Waals surface area contributed by atoms with Crippen molar-refractivity contribution in [2.24, 2.45) is 0 Å². The molecule has 5 nitrogen and oxygen atoms in total. The highest BCUT2D eigenvalue weighted by Gasteiger charge is 2.35. The number of hydrogen-bond donors (Lipinski definition) is 1. The second-order valence-electron chi connectivity index (χ2n) is 5.51. The zero-order valence-electron chi connectivity index (χ0n) is 13.0. The molecule has 0 saturated heterocycles. The number of ether oxygens (including phenoxy) is 1. The molecule has 2 aromatic heterocycles. The van der Waals surface area contributed by atoms with Gasteiger partial charge >= 0.3 is 0 Å². The Bertz CT molecular complexity index is 864. The predicted molar refractivity (Wildman–Crippen MR) is 92.1 cm³/mol. The zero-order valence-corrected chi connectivity index (χ0v) is 13.8. The second kappa shape index (κ2) is 6.07. The van der Waals surface area contributed by atoms with Gasteiger partial charge in [0, 0.05) is 24.0 Å². The fourth-order valence-electron chi connectivity index (χ4n) is 2.39. The van der Waals surface area contributed by atoms with E-state index in [0.29, 0.717) is 11.6 Å². The van der Waals surface area contributed by atoms with E-state index in [9.17, 15) is 0 Å². The van der Waals surface area contributed by atoms with Gasteiger partial charge in [-0.3, -0.25) is 9.82 Å². The largest absolute Gasteiger partial charge is 0.438 e. The van der Waals surface area contributed by atoms with Crippen LogP contribution >= 0.6 is 11.3 Å². The quantitative estimate of drug-likeness (QED) is 0.783. The van der Waals surface area contributed by atoms with Crippen LogP contribution in [0, 0.1) is 0 Å². The molecule has 0 fully saturated rings. The van der Waals surface area contributed by atoms with Crippen molar-refractivity contribution in [2.75, 3.05) is 0 Å². The number of hydroxylamine groups is 1. The van der Waals surface area contributed by atoms with Crippen LogP contribution in [0.3, 0.4) is 0 Å². The highest BCUT2D eigenvalue weighted by Crippen LogP contribution is 2.37. The summed E-state index contributed by atoms with van der Waals surface area (Å²) >= 11 is 1.60. The molecule has 1 aliphatic rings. The van der Waals surface area contributed by atoms with Gasteiger partial charge < -0.3 is 4.74 Å². The van der Waals surface area contributed by atoms with Crippen LogP contribution in [0.2, 0.25) is 0 Å². The Morgan fingerprint density at radius 3 is 2.79 bits per heavy atom. The summed E-state index contributed by atoms with van der Waals surface area (Å²) in [6.45, 7) is 1.97. The van der Waals surface area contributed by atoms with Crippen molar-refractivity contribution in [2.45, 2.75) is 12.5 Å². The Balaban J connectivity index is 1.57. The summed E-state index contributed by atoms with van der Waals surface area (Å²) < 4.78 is 5.73. The predicted octanol–water partition coefficient (Wildman–Crippen LogP) is 3.88. The minimum atomic E-state index is -0.623. The lowest BCUT2D eigenvalue weighted by Gasteiger charge is -2.16. The van der Waals surface area contributed by atoms with Crippen LogP contribution in [-0.4, -0.2) is 9.97 Å². The molecule has 0 amide bonds. The fraction of sp³-hybridized carbons (Fsp3) is 0.111. The first kappa shape index (κ1) is 14.9. The van der Waals surface area contributed by atoms with Gasteiger partial charge in [-0.2, -0.15) is 0 Å². The van der Waals surface area contributed by atoms with E-state index >= 15 is 0 Å². The third-order valence-corrected chi connectivity index (χ3v) is 4.91. The van der Waals surface area contributed by atoms with Gasteiger partial charge in [-0.1, -0.05) is 30.3 Å². The van der Waals surface area contributed by atoms with Crippen LogP contribution in [-0.2, 0) is 10.4 Å². The standard InChI is InChI=1S/C18H15N3O2S/c1-18(10-16(21-23-18)22-14-8-5-9-19-11-14)15-12-20-17(24-15)13-6-3-2-4-7-13/h2-12,21H,1H3. The average Bonchev–Trinajstić information content (AvgIpc) is 3.25. The molecule has 24 heavy (non-hydrogen) atoms. The molecule has 3 heterocycles. The molecule has 0 aliphatic carbocycles. The molecule has 1 atom stereocenters. The topological polar surface area (TPSA) is 56.3 Å². The van der Waals surface area contributed by atoms with Gasteiger partial charge in [-0.05, 0) is 19.1 Å². The summed E-state index contributed by atoms with van der Waals surface area (Å²) in [6.07, 6.45) is 7.10.